The molecular weight excluding hydrogens is 400 g/mol. The van der Waals surface area contributed by atoms with E-state index in [0.717, 1.165) is 41.2 Å². The van der Waals surface area contributed by atoms with Crippen molar-refractivity contribution in [1.29, 1.82) is 0 Å². The number of hydrogen-bond donors (Lipinski definition) is 0. The van der Waals surface area contributed by atoms with E-state index in [1.807, 2.05) is 19.3 Å². The summed E-state index contributed by atoms with van der Waals surface area (Å²) in [5.74, 6) is 1.18. The second-order valence-electron chi connectivity index (χ2n) is 11.3. The molecule has 3 aromatic rings. The van der Waals surface area contributed by atoms with Crippen LogP contribution in [0.5, 0.6) is 0 Å². The minimum absolute atomic E-state index is 0.0384. The zero-order valence-electron chi connectivity index (χ0n) is 19.1. The van der Waals surface area contributed by atoms with Crippen molar-refractivity contribution in [2.75, 3.05) is 0 Å². The summed E-state index contributed by atoms with van der Waals surface area (Å²) in [6, 6.07) is 0.587. The molecule has 0 unspecified atom stereocenters. The highest BCUT2D eigenvalue weighted by Gasteiger charge is 2.67. The maximum atomic E-state index is 6.36. The highest BCUT2D eigenvalue weighted by Crippen LogP contribution is 2.73. The SMILES string of the molecule is Cc1cnc2c(C34CC(C)(C3)C4)nc([C@@H]3C[C@H](C)O[C@@H](c4cnn(C5CC5)c4)C3)nc2n1. The molecule has 166 valence electrons. The van der Waals surface area contributed by atoms with Crippen LogP contribution in [0.25, 0.3) is 11.2 Å². The van der Waals surface area contributed by atoms with Gasteiger partial charge in [-0.05, 0) is 64.2 Å². The number of aryl methyl sites for hydroxylation is 1. The van der Waals surface area contributed by atoms with Crippen molar-refractivity contribution in [3.8, 4) is 0 Å². The quantitative estimate of drug-likeness (QED) is 0.596. The zero-order valence-corrected chi connectivity index (χ0v) is 19.1. The van der Waals surface area contributed by atoms with Crippen LogP contribution in [0.4, 0.5) is 0 Å². The maximum absolute atomic E-state index is 6.36. The Morgan fingerprint density at radius 1 is 1.06 bits per heavy atom. The smallest absolute Gasteiger partial charge is 0.182 e. The van der Waals surface area contributed by atoms with E-state index in [0.29, 0.717) is 11.5 Å². The average Bonchev–Trinajstić information content (AvgIpc) is 3.45. The summed E-state index contributed by atoms with van der Waals surface area (Å²) >= 11 is 0. The first-order chi connectivity index (χ1) is 15.4. The molecule has 0 aromatic carbocycles. The first-order valence-electron chi connectivity index (χ1n) is 12.1. The molecule has 4 saturated carbocycles. The molecule has 1 aliphatic heterocycles. The molecule has 2 bridgehead atoms. The molecule has 3 aromatic heterocycles. The monoisotopic (exact) mass is 430 g/mol. The van der Waals surface area contributed by atoms with Crippen LogP contribution >= 0.6 is 0 Å². The van der Waals surface area contributed by atoms with Crippen LogP contribution in [-0.2, 0) is 10.2 Å². The second kappa shape index (κ2) is 6.34. The molecule has 4 aliphatic carbocycles. The Bertz CT molecular complexity index is 1210. The molecule has 0 amide bonds. The summed E-state index contributed by atoms with van der Waals surface area (Å²) in [6.45, 7) is 6.54. The first kappa shape index (κ1) is 19.1. The van der Waals surface area contributed by atoms with E-state index >= 15 is 0 Å². The van der Waals surface area contributed by atoms with E-state index in [1.165, 1.54) is 37.7 Å². The van der Waals surface area contributed by atoms with Gasteiger partial charge in [0.15, 0.2) is 5.65 Å². The van der Waals surface area contributed by atoms with Crippen molar-refractivity contribution in [2.45, 2.75) is 95.3 Å². The number of rotatable bonds is 4. The fourth-order valence-electron chi connectivity index (χ4n) is 6.74. The van der Waals surface area contributed by atoms with Crippen molar-refractivity contribution in [3.63, 3.8) is 0 Å². The number of ether oxygens (including phenoxy) is 1. The number of fused-ring (bicyclic) bond motifs is 1. The predicted octanol–water partition coefficient (Wildman–Crippen LogP) is 4.73. The van der Waals surface area contributed by atoms with Crippen molar-refractivity contribution in [3.05, 3.63) is 41.4 Å². The minimum Gasteiger partial charge on any atom is -0.370 e. The van der Waals surface area contributed by atoms with Gasteiger partial charge >= 0.3 is 0 Å². The molecule has 7 heteroatoms. The molecule has 0 radical (unpaired) electrons. The Morgan fingerprint density at radius 2 is 1.88 bits per heavy atom. The summed E-state index contributed by atoms with van der Waals surface area (Å²) in [6.07, 6.45) is 14.2. The first-order valence-corrected chi connectivity index (χ1v) is 12.1. The Hall–Kier alpha value is -2.41. The highest BCUT2D eigenvalue weighted by atomic mass is 16.5. The lowest BCUT2D eigenvalue weighted by Gasteiger charge is -2.69. The third-order valence-corrected chi connectivity index (χ3v) is 8.13. The van der Waals surface area contributed by atoms with Crippen LogP contribution in [0, 0.1) is 12.3 Å². The van der Waals surface area contributed by atoms with E-state index in [2.05, 4.69) is 29.8 Å². The van der Waals surface area contributed by atoms with Crippen LogP contribution < -0.4 is 0 Å². The van der Waals surface area contributed by atoms with E-state index < -0.39 is 0 Å². The molecule has 32 heavy (non-hydrogen) atoms. The Labute approximate surface area is 188 Å². The Kier molecular flexibility index (Phi) is 3.78. The fraction of sp³-hybridized carbons (Fsp3) is 0.640. The molecule has 4 heterocycles. The van der Waals surface area contributed by atoms with Crippen LogP contribution in [0.1, 0.15) is 99.6 Å². The molecule has 7 nitrogen and oxygen atoms in total. The van der Waals surface area contributed by atoms with Gasteiger partial charge in [0.25, 0.3) is 0 Å². The van der Waals surface area contributed by atoms with Gasteiger partial charge in [-0.15, -0.1) is 0 Å². The van der Waals surface area contributed by atoms with Gasteiger partial charge in [0.05, 0.1) is 35.8 Å². The molecule has 5 fully saturated rings. The molecular formula is C25H30N6O. The molecule has 8 rings (SSSR count). The maximum Gasteiger partial charge on any atom is 0.182 e. The summed E-state index contributed by atoms with van der Waals surface area (Å²) in [7, 11) is 0. The minimum atomic E-state index is 0.0384. The normalized spacial score (nSPS) is 36.0. The highest BCUT2D eigenvalue weighted by molar-refractivity contribution is 5.75. The Balaban J connectivity index is 1.26. The fourth-order valence-corrected chi connectivity index (χ4v) is 6.74. The lowest BCUT2D eigenvalue weighted by atomic mass is 9.35. The number of hydrogen-bond acceptors (Lipinski definition) is 6. The van der Waals surface area contributed by atoms with E-state index in [9.17, 15) is 0 Å². The summed E-state index contributed by atoms with van der Waals surface area (Å²) < 4.78 is 8.47. The van der Waals surface area contributed by atoms with Crippen LogP contribution in [0.15, 0.2) is 18.6 Å². The summed E-state index contributed by atoms with van der Waals surface area (Å²) in [4.78, 5) is 19.7. The van der Waals surface area contributed by atoms with E-state index in [-0.39, 0.29) is 23.5 Å². The third-order valence-electron chi connectivity index (χ3n) is 8.13. The molecule has 0 N–H and O–H groups in total. The van der Waals surface area contributed by atoms with Crippen molar-refractivity contribution in [1.82, 2.24) is 29.7 Å². The van der Waals surface area contributed by atoms with E-state index in [1.54, 1.807) is 0 Å². The molecule has 3 atom stereocenters. The van der Waals surface area contributed by atoms with Gasteiger partial charge in [0, 0.05) is 29.3 Å². The lowest BCUT2D eigenvalue weighted by molar-refractivity contribution is -0.127. The van der Waals surface area contributed by atoms with Gasteiger partial charge in [0.1, 0.15) is 11.3 Å². The summed E-state index contributed by atoms with van der Waals surface area (Å²) in [5.41, 5.74) is 5.60. The van der Waals surface area contributed by atoms with Crippen molar-refractivity contribution >= 4 is 11.2 Å². The van der Waals surface area contributed by atoms with Crippen LogP contribution in [-0.4, -0.2) is 35.8 Å². The van der Waals surface area contributed by atoms with Gasteiger partial charge in [-0.2, -0.15) is 5.10 Å². The average molecular weight is 431 g/mol. The van der Waals surface area contributed by atoms with Crippen LogP contribution in [0.2, 0.25) is 0 Å². The number of aromatic nitrogens is 6. The standard InChI is InChI=1S/C25H30N6O/c1-14-8-26-20-21(25-11-24(3,12-25)13-25)29-22(30-23(20)28-14)16-6-15(2)32-19(7-16)17-9-27-31(10-17)18-4-5-18/h8-10,15-16,18-19H,4-7,11-13H2,1-3H3/t15-,16+,19+,24?,25?/m0/s1. The molecule has 5 aliphatic rings. The third kappa shape index (κ3) is 2.86. The van der Waals surface area contributed by atoms with Crippen LogP contribution in [0.3, 0.4) is 0 Å². The molecule has 0 spiro atoms. The van der Waals surface area contributed by atoms with Gasteiger partial charge in [-0.25, -0.2) is 19.9 Å². The van der Waals surface area contributed by atoms with Crippen molar-refractivity contribution in [2.24, 2.45) is 5.41 Å². The second-order valence-corrected chi connectivity index (χ2v) is 11.3. The largest absolute Gasteiger partial charge is 0.370 e. The van der Waals surface area contributed by atoms with Gasteiger partial charge in [-0.1, -0.05) is 6.92 Å². The van der Waals surface area contributed by atoms with Crippen molar-refractivity contribution < 1.29 is 4.74 Å². The molecule has 1 saturated heterocycles. The van der Waals surface area contributed by atoms with Gasteiger partial charge in [0.2, 0.25) is 0 Å². The van der Waals surface area contributed by atoms with Gasteiger partial charge < -0.3 is 4.74 Å². The van der Waals surface area contributed by atoms with E-state index in [4.69, 9.17) is 24.7 Å². The number of nitrogens with zero attached hydrogens (tertiary/aromatic N) is 6. The zero-order chi connectivity index (χ0) is 21.7. The summed E-state index contributed by atoms with van der Waals surface area (Å²) in [5, 5.41) is 4.59. The lowest BCUT2D eigenvalue weighted by Crippen LogP contribution is -2.63. The predicted molar refractivity (Wildman–Crippen MR) is 119 cm³/mol. The topological polar surface area (TPSA) is 78.6 Å². The Morgan fingerprint density at radius 3 is 2.62 bits per heavy atom. The van der Waals surface area contributed by atoms with Gasteiger partial charge in [-0.3, -0.25) is 4.68 Å².